The zero-order chi connectivity index (χ0) is 30.3. The molecule has 0 saturated carbocycles. The molecule has 11 nitrogen and oxygen atoms in total. The number of anilines is 2. The summed E-state index contributed by atoms with van der Waals surface area (Å²) in [6.07, 6.45) is 2.83. The zero-order valence-corrected chi connectivity index (χ0v) is 25.3. The van der Waals surface area contributed by atoms with E-state index in [0.29, 0.717) is 22.2 Å². The second-order valence-corrected chi connectivity index (χ2v) is 12.3. The Balaban J connectivity index is 1.68. The number of nitrogens with zero attached hydrogens (tertiary/aromatic N) is 4. The van der Waals surface area contributed by atoms with Crippen LogP contribution in [0.5, 0.6) is 5.75 Å². The van der Waals surface area contributed by atoms with Crippen LogP contribution in [0.2, 0.25) is 0 Å². The minimum Gasteiger partial charge on any atom is -0.496 e. The number of hydrogen-bond acceptors (Lipinski definition) is 7. The number of sulfonamides is 1. The van der Waals surface area contributed by atoms with Crippen molar-refractivity contribution >= 4 is 44.4 Å². The summed E-state index contributed by atoms with van der Waals surface area (Å²) in [5.74, 6) is 0.393. The number of nitro groups is 1. The van der Waals surface area contributed by atoms with E-state index in [1.165, 1.54) is 13.2 Å². The normalized spacial score (nSPS) is 16.8. The van der Waals surface area contributed by atoms with Crippen LogP contribution in [0.25, 0.3) is 5.69 Å². The molecule has 2 N–H and O–H groups in total. The quantitative estimate of drug-likeness (QED) is 0.157. The molecule has 13 heteroatoms. The fourth-order valence-electron chi connectivity index (χ4n) is 5.48. The van der Waals surface area contributed by atoms with Crippen molar-refractivity contribution in [3.63, 3.8) is 0 Å². The van der Waals surface area contributed by atoms with Gasteiger partial charge in [0.15, 0.2) is 5.11 Å². The maximum atomic E-state index is 12.1. The number of pyridine rings is 1. The summed E-state index contributed by atoms with van der Waals surface area (Å²) in [5.41, 5.74) is 5.58. The lowest BCUT2D eigenvalue weighted by Crippen LogP contribution is -2.29. The molecule has 0 unspecified atom stereocenters. The lowest BCUT2D eigenvalue weighted by Gasteiger charge is -2.29. The Bertz CT molecular complexity index is 1810. The Labute approximate surface area is 249 Å². The molecule has 0 amide bonds. The molecule has 3 heterocycles. The lowest BCUT2D eigenvalue weighted by atomic mass is 9.96. The molecule has 1 aliphatic rings. The van der Waals surface area contributed by atoms with Crippen molar-refractivity contribution in [2.75, 3.05) is 23.0 Å². The van der Waals surface area contributed by atoms with Gasteiger partial charge in [-0.1, -0.05) is 6.07 Å². The van der Waals surface area contributed by atoms with Crippen molar-refractivity contribution in [2.45, 2.75) is 32.9 Å². The third kappa shape index (κ3) is 5.40. The van der Waals surface area contributed by atoms with E-state index in [4.69, 9.17) is 17.0 Å². The van der Waals surface area contributed by atoms with Crippen molar-refractivity contribution in [3.05, 3.63) is 105 Å². The Hall–Kier alpha value is -4.49. The summed E-state index contributed by atoms with van der Waals surface area (Å²) in [5, 5.41) is 16.0. The third-order valence-corrected chi connectivity index (χ3v) is 8.20. The van der Waals surface area contributed by atoms with Crippen LogP contribution in [0.4, 0.5) is 17.1 Å². The highest BCUT2D eigenvalue weighted by Crippen LogP contribution is 2.45. The van der Waals surface area contributed by atoms with E-state index in [0.717, 1.165) is 40.2 Å². The summed E-state index contributed by atoms with van der Waals surface area (Å²) < 4.78 is 33.4. The highest BCUT2D eigenvalue weighted by atomic mass is 32.2. The minimum absolute atomic E-state index is 0.0783. The van der Waals surface area contributed by atoms with Crippen LogP contribution in [0.1, 0.15) is 40.3 Å². The van der Waals surface area contributed by atoms with E-state index in [-0.39, 0.29) is 17.8 Å². The van der Waals surface area contributed by atoms with Gasteiger partial charge in [-0.25, -0.2) is 8.42 Å². The SMILES string of the molecule is COc1ccc(-n2c(C)cc([C@@H]3[C@H](c4ccccn4)NC(=S)N3c3ccc(NS(C)(=O)=O)c(C)c3)c2C)c([N+](=O)[O-])c1. The van der Waals surface area contributed by atoms with Crippen molar-refractivity contribution in [1.29, 1.82) is 0 Å². The smallest absolute Gasteiger partial charge is 0.296 e. The number of ether oxygens (including phenoxy) is 1. The molecule has 2 atom stereocenters. The van der Waals surface area contributed by atoms with Gasteiger partial charge in [0.25, 0.3) is 5.69 Å². The molecule has 4 aromatic rings. The summed E-state index contributed by atoms with van der Waals surface area (Å²) >= 11 is 5.86. The van der Waals surface area contributed by atoms with Crippen LogP contribution >= 0.6 is 12.2 Å². The first-order valence-electron chi connectivity index (χ1n) is 13.0. The van der Waals surface area contributed by atoms with E-state index >= 15 is 0 Å². The van der Waals surface area contributed by atoms with Gasteiger partial charge in [-0.2, -0.15) is 0 Å². The van der Waals surface area contributed by atoms with Crippen molar-refractivity contribution in [2.24, 2.45) is 0 Å². The molecule has 1 fully saturated rings. The van der Waals surface area contributed by atoms with E-state index in [1.807, 2.05) is 66.6 Å². The fourth-order valence-corrected chi connectivity index (χ4v) is 6.46. The topological polar surface area (TPSA) is 132 Å². The standard InChI is InChI=1S/C29H30N6O5S2/c1-17-14-20(9-11-23(17)32-42(5,38)39)34-28(27(31-29(34)41)24-8-6-7-13-30-24)22-15-18(2)33(19(22)3)25-12-10-21(40-4)16-26(25)35(36)37/h6-16,27-28,32H,1-5H3,(H,31,41)/t27-,28+/m0/s1. The Morgan fingerprint density at radius 3 is 2.48 bits per heavy atom. The van der Waals surface area contributed by atoms with Crippen molar-refractivity contribution < 1.29 is 18.1 Å². The van der Waals surface area contributed by atoms with Gasteiger partial charge >= 0.3 is 0 Å². The minimum atomic E-state index is -3.46. The molecular formula is C29H30N6O5S2. The molecule has 2 aromatic carbocycles. The summed E-state index contributed by atoms with van der Waals surface area (Å²) in [7, 11) is -1.99. The average Bonchev–Trinajstić information content (AvgIpc) is 3.43. The van der Waals surface area contributed by atoms with E-state index in [2.05, 4.69) is 15.0 Å². The number of hydrogen-bond donors (Lipinski definition) is 2. The highest BCUT2D eigenvalue weighted by molar-refractivity contribution is 7.92. The molecule has 0 spiro atoms. The Kier molecular flexibility index (Phi) is 7.64. The van der Waals surface area contributed by atoms with Gasteiger partial charge in [-0.15, -0.1) is 0 Å². The number of methoxy groups -OCH3 is 1. The van der Waals surface area contributed by atoms with Gasteiger partial charge in [0, 0.05) is 23.3 Å². The second-order valence-electron chi connectivity index (χ2n) is 10.1. The predicted octanol–water partition coefficient (Wildman–Crippen LogP) is 5.26. The van der Waals surface area contributed by atoms with Crippen LogP contribution in [0.3, 0.4) is 0 Å². The Morgan fingerprint density at radius 2 is 1.86 bits per heavy atom. The van der Waals surface area contributed by atoms with Crippen molar-refractivity contribution in [3.8, 4) is 11.4 Å². The number of aromatic nitrogens is 2. The first-order valence-corrected chi connectivity index (χ1v) is 15.3. The van der Waals surface area contributed by atoms with Gasteiger partial charge in [-0.05, 0) is 92.6 Å². The third-order valence-electron chi connectivity index (χ3n) is 7.29. The van der Waals surface area contributed by atoms with Crippen LogP contribution in [0, 0.1) is 30.9 Å². The molecular weight excluding hydrogens is 576 g/mol. The maximum Gasteiger partial charge on any atom is 0.296 e. The Morgan fingerprint density at radius 1 is 1.10 bits per heavy atom. The molecule has 5 rings (SSSR count). The summed E-state index contributed by atoms with van der Waals surface area (Å²) in [6.45, 7) is 5.65. The number of rotatable bonds is 8. The van der Waals surface area contributed by atoms with Crippen LogP contribution < -0.4 is 19.7 Å². The predicted molar refractivity (Wildman–Crippen MR) is 166 cm³/mol. The number of aryl methyl sites for hydroxylation is 2. The summed E-state index contributed by atoms with van der Waals surface area (Å²) in [6, 6.07) is 17.2. The largest absolute Gasteiger partial charge is 0.496 e. The van der Waals surface area contributed by atoms with Crippen LogP contribution in [-0.4, -0.2) is 41.4 Å². The first-order chi connectivity index (χ1) is 19.9. The zero-order valence-electron chi connectivity index (χ0n) is 23.7. The molecule has 0 radical (unpaired) electrons. The van der Waals surface area contributed by atoms with E-state index < -0.39 is 14.9 Å². The van der Waals surface area contributed by atoms with Gasteiger partial charge in [-0.3, -0.25) is 19.8 Å². The number of nitro benzene ring substituents is 1. The fraction of sp³-hybridized carbons (Fsp3) is 0.241. The van der Waals surface area contributed by atoms with Gasteiger partial charge in [0.1, 0.15) is 11.4 Å². The molecule has 0 aliphatic carbocycles. The lowest BCUT2D eigenvalue weighted by molar-refractivity contribution is -0.384. The van der Waals surface area contributed by atoms with Gasteiger partial charge in [0.05, 0.1) is 47.8 Å². The monoisotopic (exact) mass is 606 g/mol. The molecule has 0 bridgehead atoms. The molecule has 1 saturated heterocycles. The van der Waals surface area contributed by atoms with Crippen molar-refractivity contribution in [1.82, 2.24) is 14.9 Å². The first kappa shape index (κ1) is 29.0. The number of nitrogens with one attached hydrogen (secondary N) is 2. The second kappa shape index (κ2) is 11.1. The maximum absolute atomic E-state index is 12.1. The van der Waals surface area contributed by atoms with E-state index in [1.54, 1.807) is 24.4 Å². The van der Waals surface area contributed by atoms with E-state index in [9.17, 15) is 18.5 Å². The van der Waals surface area contributed by atoms with Crippen LogP contribution in [0.15, 0.2) is 66.9 Å². The van der Waals surface area contributed by atoms with Crippen LogP contribution in [-0.2, 0) is 10.0 Å². The molecule has 2 aromatic heterocycles. The molecule has 218 valence electrons. The molecule has 42 heavy (non-hydrogen) atoms. The summed E-state index contributed by atoms with van der Waals surface area (Å²) in [4.78, 5) is 18.2. The highest BCUT2D eigenvalue weighted by Gasteiger charge is 2.42. The molecule has 1 aliphatic heterocycles. The number of thiocarbonyl (C=S) groups is 1. The van der Waals surface area contributed by atoms with Gasteiger partial charge in [0.2, 0.25) is 10.0 Å². The van der Waals surface area contributed by atoms with Gasteiger partial charge < -0.3 is 19.5 Å². The average molecular weight is 607 g/mol. The number of benzene rings is 2.